The zero-order chi connectivity index (χ0) is 10.3. The fourth-order valence-corrected chi connectivity index (χ4v) is 0. The van der Waals surface area contributed by atoms with E-state index in [0.717, 1.165) is 0 Å². The van der Waals surface area contributed by atoms with Crippen molar-refractivity contribution in [2.45, 2.75) is 0 Å². The van der Waals surface area contributed by atoms with Gasteiger partial charge in [0.1, 0.15) is 0 Å². The zero-order valence-electron chi connectivity index (χ0n) is 5.60. The Hall–Kier alpha value is -1.47. The van der Waals surface area contributed by atoms with Crippen LogP contribution in [0.4, 0.5) is 0 Å². The average Bonchev–Trinajstić information content (AvgIpc) is 1.88. The molecule has 0 saturated heterocycles. The molecule has 0 rings (SSSR count). The van der Waals surface area contributed by atoms with Gasteiger partial charge in [-0.25, -0.2) is 0 Å². The van der Waals surface area contributed by atoms with Gasteiger partial charge in [0.25, 0.3) is 0 Å². The van der Waals surface area contributed by atoms with E-state index >= 15 is 0 Å². The fourth-order valence-electron chi connectivity index (χ4n) is 0. The molecule has 73 valence electrons. The SMILES string of the molecule is O=C([O-])C(=O)[O-].O=C([O-])C(=O)[O-].[Ir+4]. The Labute approximate surface area is 84.1 Å². The molecule has 0 aromatic heterocycles. The summed E-state index contributed by atoms with van der Waals surface area (Å²) in [7, 11) is 0. The van der Waals surface area contributed by atoms with Crippen LogP contribution in [0.3, 0.4) is 0 Å². The fraction of sp³-hybridized carbons (Fsp3) is 0. The van der Waals surface area contributed by atoms with Gasteiger partial charge in [-0.3, -0.25) is 0 Å². The number of rotatable bonds is 0. The van der Waals surface area contributed by atoms with Crippen LogP contribution in [0, 0.1) is 0 Å². The molecule has 8 nitrogen and oxygen atoms in total. The molecular weight excluding hydrogens is 368 g/mol. The number of aliphatic carboxylic acids is 4. The number of carboxylic acid groups (broad SMARTS) is 4. The van der Waals surface area contributed by atoms with E-state index in [4.69, 9.17) is 39.6 Å². The van der Waals surface area contributed by atoms with E-state index < -0.39 is 23.9 Å². The first-order chi connectivity index (χ1) is 5.29. The van der Waals surface area contributed by atoms with Gasteiger partial charge in [-0.2, -0.15) is 0 Å². The van der Waals surface area contributed by atoms with E-state index in [2.05, 4.69) is 0 Å². The first-order valence-electron chi connectivity index (χ1n) is 2.13. The Morgan fingerprint density at radius 1 is 0.538 bits per heavy atom. The van der Waals surface area contributed by atoms with Crippen LogP contribution in [0.15, 0.2) is 0 Å². The molecule has 0 bridgehead atoms. The maximum absolute atomic E-state index is 8.93. The van der Waals surface area contributed by atoms with Crippen molar-refractivity contribution in [3.8, 4) is 0 Å². The molecule has 0 aliphatic heterocycles. The van der Waals surface area contributed by atoms with Crippen LogP contribution in [0.5, 0.6) is 0 Å². The summed E-state index contributed by atoms with van der Waals surface area (Å²) < 4.78 is 0. The Morgan fingerprint density at radius 2 is 0.615 bits per heavy atom. The van der Waals surface area contributed by atoms with Gasteiger partial charge in [-0.15, -0.1) is 0 Å². The average molecular weight is 368 g/mol. The molecule has 1 radical (unpaired) electrons. The van der Waals surface area contributed by atoms with Crippen LogP contribution < -0.4 is 20.4 Å². The Morgan fingerprint density at radius 3 is 0.615 bits per heavy atom. The van der Waals surface area contributed by atoms with E-state index in [0.29, 0.717) is 0 Å². The van der Waals surface area contributed by atoms with Gasteiger partial charge in [-0.1, -0.05) is 0 Å². The standard InChI is InChI=1S/2C2H2O4.Ir/c2*3-1(4)2(5)6;/h2*(H,3,4)(H,5,6);/q;;+4/p-4. The smallest absolute Gasteiger partial charge is 0.543 e. The first-order valence-corrected chi connectivity index (χ1v) is 2.13. The number of hydrogen-bond acceptors (Lipinski definition) is 8. The van der Waals surface area contributed by atoms with Crippen LogP contribution in [0.25, 0.3) is 0 Å². The van der Waals surface area contributed by atoms with E-state index in [1.807, 2.05) is 0 Å². The predicted octanol–water partition coefficient (Wildman–Crippen LogP) is -7.03. The molecule has 0 aromatic rings. The van der Waals surface area contributed by atoms with Crippen molar-refractivity contribution >= 4 is 23.9 Å². The van der Waals surface area contributed by atoms with Gasteiger partial charge in [0.15, 0.2) is 0 Å². The van der Waals surface area contributed by atoms with Crippen molar-refractivity contribution in [2.24, 2.45) is 0 Å². The molecule has 9 heteroatoms. The molecule has 0 amide bonds. The number of carbonyl (C=O) groups excluding carboxylic acids is 4. The van der Waals surface area contributed by atoms with Gasteiger partial charge in [-0.05, 0) is 0 Å². The number of carbonyl (C=O) groups is 4. The molecular formula is C4IrO8. The summed E-state index contributed by atoms with van der Waals surface area (Å²) in [5.74, 6) is -8.74. The molecule has 0 heterocycles. The maximum Gasteiger partial charge on any atom is 4.00 e. The summed E-state index contributed by atoms with van der Waals surface area (Å²) in [4.78, 5) is 35.7. The molecule has 0 unspecified atom stereocenters. The van der Waals surface area contributed by atoms with Crippen molar-refractivity contribution in [3.05, 3.63) is 0 Å². The number of hydrogen-bond donors (Lipinski definition) is 0. The largest absolute Gasteiger partial charge is 4.00 e. The molecule has 0 aliphatic carbocycles. The van der Waals surface area contributed by atoms with E-state index in [9.17, 15) is 0 Å². The molecule has 13 heavy (non-hydrogen) atoms. The molecule has 0 atom stereocenters. The third-order valence-corrected chi connectivity index (χ3v) is 0.333. The van der Waals surface area contributed by atoms with Crippen molar-refractivity contribution < 1.29 is 59.7 Å². The van der Waals surface area contributed by atoms with Crippen LogP contribution in [-0.4, -0.2) is 23.9 Å². The van der Waals surface area contributed by atoms with Crippen molar-refractivity contribution in [1.29, 1.82) is 0 Å². The van der Waals surface area contributed by atoms with Crippen molar-refractivity contribution in [3.63, 3.8) is 0 Å². The van der Waals surface area contributed by atoms with Crippen molar-refractivity contribution in [2.75, 3.05) is 0 Å². The molecule has 0 N–H and O–H groups in total. The Balaban J connectivity index is -0.000000143. The number of carboxylic acids is 4. The molecule has 0 aromatic carbocycles. The molecule has 0 saturated carbocycles. The van der Waals surface area contributed by atoms with Gasteiger partial charge in [0.05, 0.1) is 23.9 Å². The molecule has 0 aliphatic rings. The first kappa shape index (κ1) is 17.6. The summed E-state index contributed by atoms with van der Waals surface area (Å²) >= 11 is 0. The zero-order valence-corrected chi connectivity index (χ0v) is 7.99. The second-order valence-corrected chi connectivity index (χ2v) is 1.15. The summed E-state index contributed by atoms with van der Waals surface area (Å²) in [6, 6.07) is 0. The topological polar surface area (TPSA) is 161 Å². The monoisotopic (exact) mass is 369 g/mol. The quantitative estimate of drug-likeness (QED) is 0.381. The van der Waals surface area contributed by atoms with Crippen molar-refractivity contribution in [1.82, 2.24) is 0 Å². The van der Waals surface area contributed by atoms with E-state index in [-0.39, 0.29) is 20.1 Å². The van der Waals surface area contributed by atoms with Gasteiger partial charge >= 0.3 is 20.1 Å². The minimum Gasteiger partial charge on any atom is -0.543 e. The predicted molar refractivity (Wildman–Crippen MR) is 20.0 cm³/mol. The van der Waals surface area contributed by atoms with Crippen LogP contribution in [-0.2, 0) is 39.3 Å². The third kappa shape index (κ3) is 18.0. The third-order valence-electron chi connectivity index (χ3n) is 0.333. The Kier molecular flexibility index (Phi) is 11.7. The summed E-state index contributed by atoms with van der Waals surface area (Å²) in [5, 5.41) is 35.7. The summed E-state index contributed by atoms with van der Waals surface area (Å²) in [6.45, 7) is 0. The van der Waals surface area contributed by atoms with Gasteiger partial charge < -0.3 is 39.6 Å². The minimum atomic E-state index is -2.19. The van der Waals surface area contributed by atoms with Crippen LogP contribution >= 0.6 is 0 Å². The maximum atomic E-state index is 8.93. The molecule has 0 fully saturated rings. The minimum absolute atomic E-state index is 0. The van der Waals surface area contributed by atoms with E-state index in [1.54, 1.807) is 0 Å². The summed E-state index contributed by atoms with van der Waals surface area (Å²) in [6.07, 6.45) is 0. The van der Waals surface area contributed by atoms with Crippen LogP contribution in [0.1, 0.15) is 0 Å². The van der Waals surface area contributed by atoms with Gasteiger partial charge in [0, 0.05) is 0 Å². The second-order valence-electron chi connectivity index (χ2n) is 1.15. The van der Waals surface area contributed by atoms with E-state index in [1.165, 1.54) is 0 Å². The summed E-state index contributed by atoms with van der Waals surface area (Å²) in [5.41, 5.74) is 0. The molecule has 0 spiro atoms. The normalized spacial score (nSPS) is 6.77. The van der Waals surface area contributed by atoms with Gasteiger partial charge in [0.2, 0.25) is 0 Å². The van der Waals surface area contributed by atoms with Crippen LogP contribution in [0.2, 0.25) is 0 Å². The Bertz CT molecular complexity index is 172. The second kappa shape index (κ2) is 8.62.